The Hall–Kier alpha value is -7.18. The first-order chi connectivity index (χ1) is 37.2. The second-order valence-electron chi connectivity index (χ2n) is 16.7. The molecule has 0 fully saturated rings. The molecule has 0 aliphatic heterocycles. The maximum absolute atomic E-state index is 12.8. The standard InChI is InChI=1S/C16H12BrNS.C15H11BrN2S.C15H11FN2S.C14H10FN3S/c17-14-8-6-12(7-9-14)10-16-18-15(11-19-16)13-4-2-1-3-5-13;2*16-13-5-3-11(4-6-13)8-15-18-14(10-19-15)12-2-1-7-17-9-12;15-12-3-1-10(2-4-12)5-14-18-13(8-19-14)11-6-16-9-17-7-11/h1-9,11H,10H2;2*1-7,9-10H,8H2;1-4,6-9H,5H2. The lowest BCUT2D eigenvalue weighted by atomic mass is 10.1. The van der Waals surface area contributed by atoms with E-state index >= 15 is 0 Å². The van der Waals surface area contributed by atoms with Gasteiger partial charge >= 0.3 is 0 Å². The van der Waals surface area contributed by atoms with Gasteiger partial charge in [0.25, 0.3) is 0 Å². The Labute approximate surface area is 472 Å². The number of pyridine rings is 2. The highest BCUT2D eigenvalue weighted by Gasteiger charge is 2.10. The monoisotopic (exact) mass is 1200 g/mol. The first-order valence-corrected chi connectivity index (χ1v) is 28.7. The molecular weight excluding hydrogens is 1160 g/mol. The van der Waals surface area contributed by atoms with Crippen LogP contribution in [0, 0.1) is 11.6 Å². The zero-order valence-electron chi connectivity index (χ0n) is 40.3. The first kappa shape index (κ1) is 53.6. The van der Waals surface area contributed by atoms with E-state index < -0.39 is 0 Å². The van der Waals surface area contributed by atoms with Crippen LogP contribution in [0.25, 0.3) is 45.0 Å². The summed E-state index contributed by atoms with van der Waals surface area (Å²) in [4.78, 5) is 34.7. The van der Waals surface area contributed by atoms with Gasteiger partial charge < -0.3 is 0 Å². The zero-order valence-corrected chi connectivity index (χ0v) is 46.8. The van der Waals surface area contributed by atoms with Gasteiger partial charge in [-0.1, -0.05) is 111 Å². The molecule has 12 rings (SSSR count). The van der Waals surface area contributed by atoms with Crippen LogP contribution in [0.5, 0.6) is 0 Å². The molecule has 0 aliphatic carbocycles. The van der Waals surface area contributed by atoms with E-state index in [1.807, 2.05) is 59.4 Å². The van der Waals surface area contributed by atoms with E-state index in [0.717, 1.165) is 98.8 Å². The van der Waals surface area contributed by atoms with Crippen LogP contribution in [0.15, 0.2) is 226 Å². The lowest BCUT2D eigenvalue weighted by Gasteiger charge is -1.98. The highest BCUT2D eigenvalue weighted by Crippen LogP contribution is 2.27. The number of nitrogens with zero attached hydrogens (tertiary/aromatic N) is 8. The molecule has 12 aromatic rings. The van der Waals surface area contributed by atoms with Crippen molar-refractivity contribution in [2.45, 2.75) is 25.7 Å². The smallest absolute Gasteiger partial charge is 0.123 e. The van der Waals surface area contributed by atoms with Crippen molar-refractivity contribution in [1.29, 1.82) is 0 Å². The van der Waals surface area contributed by atoms with Crippen molar-refractivity contribution in [3.63, 3.8) is 0 Å². The van der Waals surface area contributed by atoms with Crippen LogP contribution in [-0.2, 0) is 25.7 Å². The van der Waals surface area contributed by atoms with Crippen molar-refractivity contribution < 1.29 is 8.78 Å². The van der Waals surface area contributed by atoms with Gasteiger partial charge in [0.2, 0.25) is 0 Å². The maximum atomic E-state index is 12.8. The maximum Gasteiger partial charge on any atom is 0.123 e. The van der Waals surface area contributed by atoms with Gasteiger partial charge in [-0.25, -0.2) is 38.7 Å². The molecule has 16 heteroatoms. The zero-order chi connectivity index (χ0) is 52.3. The predicted molar refractivity (Wildman–Crippen MR) is 314 cm³/mol. The molecule has 376 valence electrons. The molecule has 0 N–H and O–H groups in total. The lowest BCUT2D eigenvalue weighted by molar-refractivity contribution is 0.627. The Morgan fingerprint density at radius 2 is 0.645 bits per heavy atom. The molecule has 0 amide bonds. The van der Waals surface area contributed by atoms with Crippen LogP contribution < -0.4 is 0 Å². The van der Waals surface area contributed by atoms with E-state index in [9.17, 15) is 8.78 Å². The van der Waals surface area contributed by atoms with Gasteiger partial charge in [-0.05, 0) is 95.1 Å². The quantitative estimate of drug-likeness (QED) is 0.119. The number of hydrogen-bond acceptors (Lipinski definition) is 12. The summed E-state index contributed by atoms with van der Waals surface area (Å²) in [5, 5.41) is 12.5. The predicted octanol–water partition coefficient (Wildman–Crippen LogP) is 17.0. The number of halogens is 4. The fraction of sp³-hybridized carbons (Fsp3) is 0.0667. The number of rotatable bonds is 12. The van der Waals surface area contributed by atoms with Gasteiger partial charge in [-0.15, -0.1) is 45.3 Å². The summed E-state index contributed by atoms with van der Waals surface area (Å²) in [5.74, 6) is -0.427. The molecule has 0 saturated heterocycles. The van der Waals surface area contributed by atoms with Gasteiger partial charge in [0.1, 0.15) is 18.0 Å². The topological polar surface area (TPSA) is 103 Å². The van der Waals surface area contributed by atoms with Gasteiger partial charge in [-0.3, -0.25) is 9.97 Å². The van der Waals surface area contributed by atoms with Crippen molar-refractivity contribution in [3.8, 4) is 45.0 Å². The van der Waals surface area contributed by atoms with Crippen molar-refractivity contribution in [2.75, 3.05) is 0 Å². The Balaban J connectivity index is 0.000000124. The summed E-state index contributed by atoms with van der Waals surface area (Å²) in [6, 6.07) is 48.0. The average Bonchev–Trinajstić information content (AvgIpc) is 4.33. The summed E-state index contributed by atoms with van der Waals surface area (Å²) in [6.07, 6.45) is 15.3. The van der Waals surface area contributed by atoms with E-state index in [1.165, 1.54) is 47.3 Å². The third kappa shape index (κ3) is 16.4. The normalized spacial score (nSPS) is 10.6. The fourth-order valence-corrected chi connectivity index (χ4v) is 11.2. The van der Waals surface area contributed by atoms with E-state index in [2.05, 4.69) is 138 Å². The molecule has 0 aliphatic rings. The molecule has 7 aromatic heterocycles. The van der Waals surface area contributed by atoms with E-state index in [4.69, 9.17) is 4.98 Å². The second-order valence-corrected chi connectivity index (χ2v) is 22.3. The third-order valence-corrected chi connectivity index (χ3v) is 15.6. The first-order valence-electron chi connectivity index (χ1n) is 23.6. The number of benzene rings is 5. The summed E-state index contributed by atoms with van der Waals surface area (Å²) in [6.45, 7) is 0. The summed E-state index contributed by atoms with van der Waals surface area (Å²) < 4.78 is 27.9. The largest absolute Gasteiger partial charge is 0.264 e. The molecule has 76 heavy (non-hydrogen) atoms. The molecule has 8 nitrogen and oxygen atoms in total. The van der Waals surface area contributed by atoms with Crippen LogP contribution in [0.4, 0.5) is 8.78 Å². The van der Waals surface area contributed by atoms with Crippen LogP contribution in [0.1, 0.15) is 42.3 Å². The van der Waals surface area contributed by atoms with Gasteiger partial charge in [0.05, 0.1) is 42.8 Å². The number of aromatic nitrogens is 8. The Kier molecular flexibility index (Phi) is 19.5. The summed E-state index contributed by atoms with van der Waals surface area (Å²) in [5.41, 5.74) is 12.7. The molecule has 0 bridgehead atoms. The molecule has 0 radical (unpaired) electrons. The fourth-order valence-electron chi connectivity index (χ4n) is 7.28. The molecule has 0 spiro atoms. The van der Waals surface area contributed by atoms with Gasteiger partial charge in [0, 0.05) is 116 Å². The highest BCUT2D eigenvalue weighted by molar-refractivity contribution is 9.10. The van der Waals surface area contributed by atoms with Crippen molar-refractivity contribution in [3.05, 3.63) is 280 Å². The van der Waals surface area contributed by atoms with Crippen LogP contribution in [-0.4, -0.2) is 39.9 Å². The second kappa shape index (κ2) is 27.6. The van der Waals surface area contributed by atoms with Crippen molar-refractivity contribution in [1.82, 2.24) is 39.9 Å². The van der Waals surface area contributed by atoms with E-state index in [1.54, 1.807) is 101 Å². The summed E-state index contributed by atoms with van der Waals surface area (Å²) in [7, 11) is 0. The van der Waals surface area contributed by atoms with Crippen LogP contribution in [0.3, 0.4) is 0 Å². The number of hydrogen-bond donors (Lipinski definition) is 0. The minimum Gasteiger partial charge on any atom is -0.264 e. The molecule has 0 atom stereocenters. The molecule has 5 aromatic carbocycles. The summed E-state index contributed by atoms with van der Waals surface area (Å²) >= 11 is 13.5. The molecule has 0 unspecified atom stereocenters. The average molecular weight is 1200 g/mol. The third-order valence-electron chi connectivity index (χ3n) is 11.1. The van der Waals surface area contributed by atoms with E-state index in [0.29, 0.717) is 6.42 Å². The minimum absolute atomic E-state index is 0.209. The van der Waals surface area contributed by atoms with Crippen molar-refractivity contribution >= 4 is 77.2 Å². The van der Waals surface area contributed by atoms with Crippen LogP contribution >= 0.6 is 77.2 Å². The van der Waals surface area contributed by atoms with Gasteiger partial charge in [-0.2, -0.15) is 0 Å². The Bertz CT molecular complexity index is 3140. The molecule has 0 saturated carbocycles. The van der Waals surface area contributed by atoms with Crippen LogP contribution in [0.2, 0.25) is 0 Å². The van der Waals surface area contributed by atoms with Crippen molar-refractivity contribution in [2.24, 2.45) is 0 Å². The lowest BCUT2D eigenvalue weighted by Crippen LogP contribution is -1.88. The minimum atomic E-state index is -0.218. The van der Waals surface area contributed by atoms with Gasteiger partial charge in [0.15, 0.2) is 0 Å². The SMILES string of the molecule is Brc1ccc(Cc2nc(-c3ccccc3)cs2)cc1.Brc1ccc(Cc2nc(-c3cccnc3)cs2)cc1.Fc1ccc(Cc2nc(-c3cccnc3)cs2)cc1.Fc1ccc(Cc2nc(-c3cncnc3)cs2)cc1. The molecule has 7 heterocycles. The highest BCUT2D eigenvalue weighted by atomic mass is 79.9. The number of thiazole rings is 4. The Morgan fingerprint density at radius 3 is 1.00 bits per heavy atom. The Morgan fingerprint density at radius 1 is 0.329 bits per heavy atom. The molecular formula is C60H44Br2F2N8S4. The van der Waals surface area contributed by atoms with E-state index in [-0.39, 0.29) is 11.6 Å².